The quantitative estimate of drug-likeness (QED) is 0.922. The van der Waals surface area contributed by atoms with E-state index in [1.807, 2.05) is 20.8 Å². The van der Waals surface area contributed by atoms with E-state index in [1.165, 1.54) is 4.90 Å². The van der Waals surface area contributed by atoms with Crippen LogP contribution in [0.15, 0.2) is 10.5 Å². The van der Waals surface area contributed by atoms with Gasteiger partial charge in [-0.25, -0.2) is 4.79 Å². The van der Waals surface area contributed by atoms with Crippen LogP contribution in [0, 0.1) is 12.8 Å². The van der Waals surface area contributed by atoms with Gasteiger partial charge in [-0.1, -0.05) is 13.8 Å². The fourth-order valence-electron chi connectivity index (χ4n) is 2.74. The van der Waals surface area contributed by atoms with Crippen LogP contribution < -0.4 is 0 Å². The number of rotatable bonds is 3. The van der Waals surface area contributed by atoms with Crippen LogP contribution in [0.2, 0.25) is 0 Å². The van der Waals surface area contributed by atoms with Gasteiger partial charge in [0.15, 0.2) is 5.76 Å². The Kier molecular flexibility index (Phi) is 4.16. The molecule has 5 nitrogen and oxygen atoms in total. The number of hydrogen-bond acceptors (Lipinski definition) is 3. The maximum atomic E-state index is 12.5. The van der Waals surface area contributed by atoms with Gasteiger partial charge < -0.3 is 14.4 Å². The Labute approximate surface area is 118 Å². The monoisotopic (exact) mass is 279 g/mol. The molecule has 1 fully saturated rings. The summed E-state index contributed by atoms with van der Waals surface area (Å²) in [7, 11) is 0. The molecule has 1 aromatic rings. The first-order valence-electron chi connectivity index (χ1n) is 7.07. The Morgan fingerprint density at radius 2 is 2.20 bits per heavy atom. The van der Waals surface area contributed by atoms with Crippen LogP contribution in [-0.4, -0.2) is 34.5 Å². The Morgan fingerprint density at radius 3 is 2.75 bits per heavy atom. The molecule has 5 heteroatoms. The maximum Gasteiger partial charge on any atom is 0.326 e. The molecule has 110 valence electrons. The van der Waals surface area contributed by atoms with Gasteiger partial charge in [-0.3, -0.25) is 4.79 Å². The van der Waals surface area contributed by atoms with Crippen molar-refractivity contribution in [3.63, 3.8) is 0 Å². The molecule has 1 saturated heterocycles. The molecule has 0 aromatic carbocycles. The van der Waals surface area contributed by atoms with Crippen molar-refractivity contribution < 1.29 is 19.1 Å². The Balaban J connectivity index is 2.23. The van der Waals surface area contributed by atoms with E-state index in [-0.39, 0.29) is 11.7 Å². The van der Waals surface area contributed by atoms with Crippen LogP contribution in [0.25, 0.3) is 0 Å². The zero-order valence-electron chi connectivity index (χ0n) is 12.2. The minimum atomic E-state index is -0.941. The van der Waals surface area contributed by atoms with Crippen molar-refractivity contribution in [3.05, 3.63) is 23.2 Å². The van der Waals surface area contributed by atoms with E-state index < -0.39 is 12.0 Å². The number of carboxylic acids is 1. The van der Waals surface area contributed by atoms with Crippen LogP contribution in [0.3, 0.4) is 0 Å². The molecule has 1 amide bonds. The molecule has 2 atom stereocenters. The standard InChI is InChI=1S/C15H21NO4/c1-4-12-10(3)8-13(20-12)14(17)16-6-5-9(2)7-11(16)15(18)19/h8-9,11H,4-7H2,1-3H3,(H,18,19). The van der Waals surface area contributed by atoms with Gasteiger partial charge in [0.1, 0.15) is 11.8 Å². The van der Waals surface area contributed by atoms with Gasteiger partial charge in [0, 0.05) is 13.0 Å². The summed E-state index contributed by atoms with van der Waals surface area (Å²) in [6.45, 7) is 6.34. The van der Waals surface area contributed by atoms with Crippen molar-refractivity contribution in [2.75, 3.05) is 6.54 Å². The van der Waals surface area contributed by atoms with E-state index in [4.69, 9.17) is 4.42 Å². The lowest BCUT2D eigenvalue weighted by Gasteiger charge is -2.35. The molecular weight excluding hydrogens is 258 g/mol. The average molecular weight is 279 g/mol. The predicted octanol–water partition coefficient (Wildman–Crippen LogP) is 2.48. The molecule has 0 bridgehead atoms. The topological polar surface area (TPSA) is 70.8 Å². The Hall–Kier alpha value is -1.78. The second-order valence-corrected chi connectivity index (χ2v) is 5.55. The zero-order valence-corrected chi connectivity index (χ0v) is 12.2. The minimum absolute atomic E-state index is 0.250. The fourth-order valence-corrected chi connectivity index (χ4v) is 2.74. The van der Waals surface area contributed by atoms with Crippen LogP contribution >= 0.6 is 0 Å². The normalized spacial score (nSPS) is 22.9. The van der Waals surface area contributed by atoms with Crippen molar-refractivity contribution in [1.82, 2.24) is 4.90 Å². The molecule has 2 rings (SSSR count). The van der Waals surface area contributed by atoms with Gasteiger partial charge in [0.05, 0.1) is 0 Å². The van der Waals surface area contributed by atoms with Gasteiger partial charge in [-0.15, -0.1) is 0 Å². The molecule has 0 aliphatic carbocycles. The smallest absolute Gasteiger partial charge is 0.326 e. The third-order valence-corrected chi connectivity index (χ3v) is 3.96. The van der Waals surface area contributed by atoms with E-state index in [0.29, 0.717) is 18.9 Å². The molecular formula is C15H21NO4. The fraction of sp³-hybridized carbons (Fsp3) is 0.600. The molecule has 1 N–H and O–H groups in total. The van der Waals surface area contributed by atoms with Gasteiger partial charge in [0.2, 0.25) is 0 Å². The molecule has 2 unspecified atom stereocenters. The number of piperidine rings is 1. The molecule has 0 saturated carbocycles. The van der Waals surface area contributed by atoms with Gasteiger partial charge in [-0.2, -0.15) is 0 Å². The van der Waals surface area contributed by atoms with Crippen LogP contribution in [0.1, 0.15) is 48.6 Å². The summed E-state index contributed by atoms with van der Waals surface area (Å²) in [6.07, 6.45) is 2.05. The van der Waals surface area contributed by atoms with E-state index in [9.17, 15) is 14.7 Å². The van der Waals surface area contributed by atoms with Gasteiger partial charge in [-0.05, 0) is 37.3 Å². The first kappa shape index (κ1) is 14.6. The summed E-state index contributed by atoms with van der Waals surface area (Å²) < 4.78 is 5.55. The summed E-state index contributed by atoms with van der Waals surface area (Å²) in [5.74, 6) is 0.103. The number of nitrogens with zero attached hydrogens (tertiary/aromatic N) is 1. The highest BCUT2D eigenvalue weighted by molar-refractivity contribution is 5.94. The van der Waals surface area contributed by atoms with Crippen molar-refractivity contribution in [2.45, 2.75) is 46.1 Å². The van der Waals surface area contributed by atoms with Crippen molar-refractivity contribution >= 4 is 11.9 Å². The Morgan fingerprint density at radius 1 is 1.50 bits per heavy atom. The van der Waals surface area contributed by atoms with Gasteiger partial charge in [0.25, 0.3) is 5.91 Å². The number of furan rings is 1. The lowest BCUT2D eigenvalue weighted by molar-refractivity contribution is -0.144. The van der Waals surface area contributed by atoms with E-state index in [1.54, 1.807) is 6.07 Å². The average Bonchev–Trinajstić information content (AvgIpc) is 2.79. The SMILES string of the molecule is CCc1oc(C(=O)N2CCC(C)CC2C(=O)O)cc1C. The summed E-state index contributed by atoms with van der Waals surface area (Å²) in [4.78, 5) is 25.3. The van der Waals surface area contributed by atoms with Gasteiger partial charge >= 0.3 is 5.97 Å². The largest absolute Gasteiger partial charge is 0.480 e. The number of likely N-dealkylation sites (tertiary alicyclic amines) is 1. The number of amides is 1. The number of aliphatic carboxylic acids is 1. The molecule has 1 aromatic heterocycles. The number of aryl methyl sites for hydroxylation is 2. The highest BCUT2D eigenvalue weighted by Crippen LogP contribution is 2.26. The molecule has 1 aliphatic heterocycles. The third-order valence-electron chi connectivity index (χ3n) is 3.96. The number of hydrogen-bond donors (Lipinski definition) is 1. The van der Waals surface area contributed by atoms with Crippen molar-refractivity contribution in [1.29, 1.82) is 0 Å². The van der Waals surface area contributed by atoms with E-state index >= 15 is 0 Å². The summed E-state index contributed by atoms with van der Waals surface area (Å²) >= 11 is 0. The highest BCUT2D eigenvalue weighted by atomic mass is 16.4. The predicted molar refractivity (Wildman–Crippen MR) is 73.7 cm³/mol. The van der Waals surface area contributed by atoms with E-state index in [2.05, 4.69) is 0 Å². The third kappa shape index (κ3) is 2.71. The lowest BCUT2D eigenvalue weighted by atomic mass is 9.92. The molecule has 0 spiro atoms. The number of carbonyl (C=O) groups excluding carboxylic acids is 1. The molecule has 0 radical (unpaired) electrons. The molecule has 20 heavy (non-hydrogen) atoms. The lowest BCUT2D eigenvalue weighted by Crippen LogP contribution is -2.49. The summed E-state index contributed by atoms with van der Waals surface area (Å²) in [5.41, 5.74) is 0.938. The zero-order chi connectivity index (χ0) is 14.9. The maximum absolute atomic E-state index is 12.5. The first-order valence-corrected chi connectivity index (χ1v) is 7.07. The molecule has 1 aliphatic rings. The van der Waals surface area contributed by atoms with Crippen molar-refractivity contribution in [3.8, 4) is 0 Å². The van der Waals surface area contributed by atoms with Crippen molar-refractivity contribution in [2.24, 2.45) is 5.92 Å². The second-order valence-electron chi connectivity index (χ2n) is 5.55. The van der Waals surface area contributed by atoms with Crippen LogP contribution in [0.5, 0.6) is 0 Å². The number of carboxylic acid groups (broad SMARTS) is 1. The first-order chi connectivity index (χ1) is 9.43. The minimum Gasteiger partial charge on any atom is -0.480 e. The molecule has 2 heterocycles. The Bertz CT molecular complexity index is 520. The highest BCUT2D eigenvalue weighted by Gasteiger charge is 2.36. The summed E-state index contributed by atoms with van der Waals surface area (Å²) in [5, 5.41) is 9.30. The van der Waals surface area contributed by atoms with Crippen LogP contribution in [-0.2, 0) is 11.2 Å². The number of carbonyl (C=O) groups is 2. The van der Waals surface area contributed by atoms with E-state index in [0.717, 1.165) is 24.2 Å². The second kappa shape index (κ2) is 5.69. The summed E-state index contributed by atoms with van der Waals surface area (Å²) in [6, 6.07) is 0.958. The van der Waals surface area contributed by atoms with Crippen LogP contribution in [0.4, 0.5) is 0 Å².